The smallest absolute Gasteiger partial charge is 0.346 e. The van der Waals surface area contributed by atoms with Crippen LogP contribution in [0, 0.1) is 0 Å². The van der Waals surface area contributed by atoms with E-state index in [0.717, 1.165) is 5.01 Å². The number of carbonyl (C=O) groups is 3. The number of benzene rings is 1. The van der Waals surface area contributed by atoms with E-state index in [4.69, 9.17) is 0 Å². The van der Waals surface area contributed by atoms with Crippen molar-refractivity contribution in [1.82, 2.24) is 10.3 Å². The third kappa shape index (κ3) is 2.83. The molecule has 0 aromatic heterocycles. The van der Waals surface area contributed by atoms with Crippen molar-refractivity contribution in [2.24, 2.45) is 5.10 Å². The topological polar surface area (TPSA) is 88.1 Å². The van der Waals surface area contributed by atoms with E-state index in [-0.39, 0.29) is 5.91 Å². The van der Waals surface area contributed by atoms with Gasteiger partial charge in [0.25, 0.3) is 5.91 Å². The number of amides is 3. The van der Waals surface area contributed by atoms with Crippen LogP contribution < -0.4 is 5.32 Å². The van der Waals surface area contributed by atoms with Crippen molar-refractivity contribution in [3.63, 3.8) is 0 Å². The highest BCUT2D eigenvalue weighted by Gasteiger charge is 2.46. The van der Waals surface area contributed by atoms with Crippen molar-refractivity contribution in [3.05, 3.63) is 35.4 Å². The lowest BCUT2D eigenvalue weighted by Gasteiger charge is -2.17. The number of esters is 1. The summed E-state index contributed by atoms with van der Waals surface area (Å²) in [7, 11) is 1.31. The van der Waals surface area contributed by atoms with E-state index in [1.165, 1.54) is 13.3 Å². The van der Waals surface area contributed by atoms with Gasteiger partial charge in [-0.1, -0.05) is 19.1 Å². The van der Waals surface area contributed by atoms with Crippen LogP contribution in [-0.4, -0.2) is 41.8 Å². The van der Waals surface area contributed by atoms with E-state index >= 15 is 0 Å². The Bertz CT molecular complexity index is 639. The number of hydrogen-bond acceptors (Lipinski definition) is 5. The molecule has 1 aromatic rings. The summed E-state index contributed by atoms with van der Waals surface area (Å²) in [6, 6.07) is 5.90. The number of carbonyl (C=O) groups excluding carboxylic acids is 3. The first-order chi connectivity index (χ1) is 10.4. The Balaban J connectivity index is 2.14. The Hall–Kier alpha value is -2.70. The highest BCUT2D eigenvalue weighted by Crippen LogP contribution is 2.20. The number of ether oxygens (including phenoxy) is 1. The average molecular weight is 303 g/mol. The molecule has 1 aliphatic rings. The molecule has 0 radical (unpaired) electrons. The fourth-order valence-electron chi connectivity index (χ4n) is 1.96. The summed E-state index contributed by atoms with van der Waals surface area (Å²) in [5, 5.41) is 7.35. The van der Waals surface area contributed by atoms with Crippen LogP contribution in [0.1, 0.15) is 36.2 Å². The molecule has 1 N–H and O–H groups in total. The molecule has 2 rings (SSSR count). The summed E-state index contributed by atoms with van der Waals surface area (Å²) < 4.78 is 4.60. The molecule has 7 heteroatoms. The number of hydrazone groups is 1. The summed E-state index contributed by atoms with van der Waals surface area (Å²) in [5.41, 5.74) is 0.148. The maximum atomic E-state index is 12.1. The van der Waals surface area contributed by atoms with E-state index in [1.54, 1.807) is 31.2 Å². The number of hydrogen-bond donors (Lipinski definition) is 1. The largest absolute Gasteiger partial charge is 0.465 e. The standard InChI is InChI=1S/C15H17N3O4/c1-4-15(2)13(20)18(14(21)17-15)16-9-10-5-7-11(8-6-10)12(19)22-3/h5-9H,4H2,1-3H3,(H,17,21). The van der Waals surface area contributed by atoms with E-state index in [9.17, 15) is 14.4 Å². The SMILES string of the molecule is CCC1(C)NC(=O)N(N=Cc2ccc(C(=O)OC)cc2)C1=O. The Morgan fingerprint density at radius 3 is 2.50 bits per heavy atom. The molecule has 0 spiro atoms. The summed E-state index contributed by atoms with van der Waals surface area (Å²) >= 11 is 0. The molecule has 1 aliphatic heterocycles. The van der Waals surface area contributed by atoms with Crippen LogP contribution >= 0.6 is 0 Å². The van der Waals surface area contributed by atoms with Crippen LogP contribution in [0.15, 0.2) is 29.4 Å². The molecular formula is C15H17N3O4. The second-order valence-electron chi connectivity index (χ2n) is 5.09. The molecule has 1 unspecified atom stereocenters. The van der Waals surface area contributed by atoms with Gasteiger partial charge < -0.3 is 10.1 Å². The van der Waals surface area contributed by atoms with Gasteiger partial charge in [0.15, 0.2) is 0 Å². The number of nitrogens with zero attached hydrogens (tertiary/aromatic N) is 2. The molecule has 1 fully saturated rings. The molecule has 0 saturated carbocycles. The van der Waals surface area contributed by atoms with E-state index in [1.807, 2.05) is 6.92 Å². The van der Waals surface area contributed by atoms with E-state index < -0.39 is 17.5 Å². The normalized spacial score (nSPS) is 21.3. The summed E-state index contributed by atoms with van der Waals surface area (Å²) in [4.78, 5) is 35.2. The van der Waals surface area contributed by atoms with Gasteiger partial charge in [-0.25, -0.2) is 9.59 Å². The average Bonchev–Trinajstić information content (AvgIpc) is 2.75. The van der Waals surface area contributed by atoms with Crippen LogP contribution in [0.25, 0.3) is 0 Å². The molecule has 7 nitrogen and oxygen atoms in total. The minimum atomic E-state index is -0.914. The van der Waals surface area contributed by atoms with Gasteiger partial charge in [-0.2, -0.15) is 5.10 Å². The number of imide groups is 1. The lowest BCUT2D eigenvalue weighted by atomic mass is 10.00. The molecule has 1 aromatic carbocycles. The van der Waals surface area contributed by atoms with Crippen molar-refractivity contribution in [3.8, 4) is 0 Å². The van der Waals surface area contributed by atoms with Gasteiger partial charge >= 0.3 is 12.0 Å². The molecule has 1 heterocycles. The van der Waals surface area contributed by atoms with Gasteiger partial charge in [0.2, 0.25) is 0 Å². The van der Waals surface area contributed by atoms with Gasteiger partial charge in [-0.15, -0.1) is 5.01 Å². The van der Waals surface area contributed by atoms with Gasteiger partial charge in [0, 0.05) is 0 Å². The maximum absolute atomic E-state index is 12.1. The zero-order chi connectivity index (χ0) is 16.3. The Labute approximate surface area is 127 Å². The number of nitrogens with one attached hydrogen (secondary N) is 1. The van der Waals surface area contributed by atoms with Gasteiger partial charge in [-0.05, 0) is 31.0 Å². The van der Waals surface area contributed by atoms with Crippen LogP contribution in [0.3, 0.4) is 0 Å². The second-order valence-corrected chi connectivity index (χ2v) is 5.09. The molecule has 1 saturated heterocycles. The molecule has 22 heavy (non-hydrogen) atoms. The summed E-state index contributed by atoms with van der Waals surface area (Å²) in [6.45, 7) is 3.48. The molecule has 0 bridgehead atoms. The highest BCUT2D eigenvalue weighted by molar-refractivity contribution is 6.07. The minimum Gasteiger partial charge on any atom is -0.465 e. The van der Waals surface area contributed by atoms with Gasteiger partial charge in [0.1, 0.15) is 5.54 Å². The maximum Gasteiger partial charge on any atom is 0.346 e. The minimum absolute atomic E-state index is 0.387. The van der Waals surface area contributed by atoms with Crippen molar-refractivity contribution >= 4 is 24.1 Å². The van der Waals surface area contributed by atoms with Gasteiger partial charge in [-0.3, -0.25) is 4.79 Å². The fourth-order valence-corrected chi connectivity index (χ4v) is 1.96. The number of rotatable bonds is 4. The van der Waals surface area contributed by atoms with Crippen molar-refractivity contribution in [2.45, 2.75) is 25.8 Å². The molecular weight excluding hydrogens is 286 g/mol. The zero-order valence-corrected chi connectivity index (χ0v) is 12.6. The summed E-state index contributed by atoms with van der Waals surface area (Å²) in [6.07, 6.45) is 1.87. The third-order valence-electron chi connectivity index (χ3n) is 3.60. The lowest BCUT2D eigenvalue weighted by molar-refractivity contribution is -0.130. The quantitative estimate of drug-likeness (QED) is 0.519. The van der Waals surface area contributed by atoms with Gasteiger partial charge in [0.05, 0.1) is 18.9 Å². The zero-order valence-electron chi connectivity index (χ0n) is 12.6. The van der Waals surface area contributed by atoms with Crippen LogP contribution in [-0.2, 0) is 9.53 Å². The Morgan fingerprint density at radius 1 is 1.36 bits per heavy atom. The van der Waals surface area contributed by atoms with Crippen LogP contribution in [0.5, 0.6) is 0 Å². The Kier molecular flexibility index (Phi) is 4.25. The van der Waals surface area contributed by atoms with Crippen molar-refractivity contribution < 1.29 is 19.1 Å². The summed E-state index contributed by atoms with van der Waals surface area (Å²) in [5.74, 6) is -0.821. The van der Waals surface area contributed by atoms with Crippen molar-refractivity contribution in [1.29, 1.82) is 0 Å². The van der Waals surface area contributed by atoms with Crippen LogP contribution in [0.2, 0.25) is 0 Å². The first kappa shape index (κ1) is 15.7. The first-order valence-corrected chi connectivity index (χ1v) is 6.80. The monoisotopic (exact) mass is 303 g/mol. The number of methoxy groups -OCH3 is 1. The fraction of sp³-hybridized carbons (Fsp3) is 0.333. The Morgan fingerprint density at radius 2 is 2.00 bits per heavy atom. The van der Waals surface area contributed by atoms with Crippen molar-refractivity contribution in [2.75, 3.05) is 7.11 Å². The molecule has 0 aliphatic carbocycles. The first-order valence-electron chi connectivity index (χ1n) is 6.80. The third-order valence-corrected chi connectivity index (χ3v) is 3.60. The van der Waals surface area contributed by atoms with E-state index in [0.29, 0.717) is 17.5 Å². The van der Waals surface area contributed by atoms with Crippen LogP contribution in [0.4, 0.5) is 4.79 Å². The lowest BCUT2D eigenvalue weighted by Crippen LogP contribution is -2.42. The predicted octanol–water partition coefficient (Wildman–Crippen LogP) is 1.53. The highest BCUT2D eigenvalue weighted by atomic mass is 16.5. The molecule has 1 atom stereocenters. The number of urea groups is 1. The van der Waals surface area contributed by atoms with E-state index in [2.05, 4.69) is 15.2 Å². The molecule has 3 amide bonds. The second kappa shape index (κ2) is 5.97. The predicted molar refractivity (Wildman–Crippen MR) is 79.4 cm³/mol. The molecule has 116 valence electrons.